The molecular weight excluding hydrogens is 172 g/mol. The zero-order chi connectivity index (χ0) is 10.4. The molecule has 0 heterocycles. The smallest absolute Gasteiger partial charge is 0.0221 e. The van der Waals surface area contributed by atoms with Gasteiger partial charge in [-0.05, 0) is 31.6 Å². The average molecular weight is 198 g/mol. The van der Waals surface area contributed by atoms with Crippen LogP contribution in [0.1, 0.15) is 52.4 Å². The van der Waals surface area contributed by atoms with Crippen molar-refractivity contribution < 1.29 is 0 Å². The van der Waals surface area contributed by atoms with Gasteiger partial charge in [0.25, 0.3) is 0 Å². The Hall–Kier alpha value is -0.0800. The topological polar surface area (TPSA) is 38.0 Å². The Morgan fingerprint density at radius 3 is 2.21 bits per heavy atom. The lowest BCUT2D eigenvalue weighted by atomic mass is 9.96. The van der Waals surface area contributed by atoms with Crippen LogP contribution in [0.25, 0.3) is 0 Å². The summed E-state index contributed by atoms with van der Waals surface area (Å²) in [7, 11) is 0. The molecule has 14 heavy (non-hydrogen) atoms. The quantitative estimate of drug-likeness (QED) is 0.687. The van der Waals surface area contributed by atoms with Gasteiger partial charge in [-0.15, -0.1) is 0 Å². The maximum absolute atomic E-state index is 5.85. The van der Waals surface area contributed by atoms with Gasteiger partial charge in [-0.1, -0.05) is 26.7 Å². The molecule has 1 rings (SSSR count). The Kier molecular flexibility index (Phi) is 5.49. The average Bonchev–Trinajstić information content (AvgIpc) is 2.73. The molecular formula is C12H26N2. The second-order valence-corrected chi connectivity index (χ2v) is 4.57. The summed E-state index contributed by atoms with van der Waals surface area (Å²) < 4.78 is 0. The van der Waals surface area contributed by atoms with Crippen molar-refractivity contribution in [2.75, 3.05) is 6.54 Å². The van der Waals surface area contributed by atoms with Gasteiger partial charge < -0.3 is 11.1 Å². The van der Waals surface area contributed by atoms with Crippen LogP contribution in [0.5, 0.6) is 0 Å². The van der Waals surface area contributed by atoms with Crippen LogP contribution in [0.15, 0.2) is 0 Å². The monoisotopic (exact) mass is 198 g/mol. The molecule has 2 nitrogen and oxygen atoms in total. The van der Waals surface area contributed by atoms with Gasteiger partial charge in [0.05, 0.1) is 0 Å². The minimum atomic E-state index is 0.572. The molecule has 1 unspecified atom stereocenters. The Labute approximate surface area is 88.6 Å². The summed E-state index contributed by atoms with van der Waals surface area (Å²) in [5.74, 6) is 0.848. The predicted molar refractivity (Wildman–Crippen MR) is 62.3 cm³/mol. The highest BCUT2D eigenvalue weighted by molar-refractivity contribution is 4.83. The first-order valence-electron chi connectivity index (χ1n) is 6.27. The van der Waals surface area contributed by atoms with Crippen LogP contribution in [0.4, 0.5) is 0 Å². The summed E-state index contributed by atoms with van der Waals surface area (Å²) in [5.41, 5.74) is 5.85. The molecule has 0 saturated heterocycles. The molecule has 84 valence electrons. The number of nitrogens with one attached hydrogen (secondary N) is 1. The van der Waals surface area contributed by atoms with E-state index < -0.39 is 0 Å². The predicted octanol–water partition coefficient (Wildman–Crippen LogP) is 2.28. The number of hydrogen-bond acceptors (Lipinski definition) is 2. The van der Waals surface area contributed by atoms with Gasteiger partial charge in [0.15, 0.2) is 0 Å². The maximum Gasteiger partial charge on any atom is 0.0221 e. The van der Waals surface area contributed by atoms with Gasteiger partial charge in [-0.25, -0.2) is 0 Å². The van der Waals surface area contributed by atoms with Crippen LogP contribution >= 0.6 is 0 Å². The van der Waals surface area contributed by atoms with Crippen LogP contribution in [-0.4, -0.2) is 18.6 Å². The Bertz CT molecular complexity index is 137. The minimum absolute atomic E-state index is 0.572. The van der Waals surface area contributed by atoms with Gasteiger partial charge in [0.1, 0.15) is 0 Å². The van der Waals surface area contributed by atoms with E-state index >= 15 is 0 Å². The molecule has 0 aliphatic heterocycles. The van der Waals surface area contributed by atoms with E-state index in [1.165, 1.54) is 38.5 Å². The lowest BCUT2D eigenvalue weighted by Crippen LogP contribution is -2.46. The summed E-state index contributed by atoms with van der Waals surface area (Å²) in [4.78, 5) is 0. The summed E-state index contributed by atoms with van der Waals surface area (Å²) in [6, 6.07) is 1.24. The Morgan fingerprint density at radius 2 is 1.79 bits per heavy atom. The molecule has 1 aliphatic rings. The van der Waals surface area contributed by atoms with E-state index in [2.05, 4.69) is 19.2 Å². The molecule has 1 atom stereocenters. The third-order valence-electron chi connectivity index (χ3n) is 3.66. The lowest BCUT2D eigenvalue weighted by Gasteiger charge is -2.27. The van der Waals surface area contributed by atoms with Crippen molar-refractivity contribution in [3.63, 3.8) is 0 Å². The second kappa shape index (κ2) is 6.41. The summed E-state index contributed by atoms with van der Waals surface area (Å²) in [6.07, 6.45) is 8.03. The molecule has 0 aromatic rings. The van der Waals surface area contributed by atoms with Crippen molar-refractivity contribution in [3.05, 3.63) is 0 Å². The largest absolute Gasteiger partial charge is 0.329 e. The molecule has 0 spiro atoms. The highest BCUT2D eigenvalue weighted by Crippen LogP contribution is 2.27. The summed E-state index contributed by atoms with van der Waals surface area (Å²) in [5, 5.41) is 3.72. The Morgan fingerprint density at radius 1 is 1.21 bits per heavy atom. The van der Waals surface area contributed by atoms with E-state index in [9.17, 15) is 0 Å². The molecule has 0 aromatic carbocycles. The first-order valence-corrected chi connectivity index (χ1v) is 6.27. The summed E-state index contributed by atoms with van der Waals surface area (Å²) >= 11 is 0. The van der Waals surface area contributed by atoms with E-state index in [1.54, 1.807) is 0 Å². The van der Waals surface area contributed by atoms with E-state index in [1.807, 2.05) is 0 Å². The van der Waals surface area contributed by atoms with Crippen LogP contribution in [0.2, 0.25) is 0 Å². The van der Waals surface area contributed by atoms with Gasteiger partial charge in [-0.2, -0.15) is 0 Å². The van der Waals surface area contributed by atoms with E-state index in [0.717, 1.165) is 12.5 Å². The van der Waals surface area contributed by atoms with Gasteiger partial charge in [0, 0.05) is 18.6 Å². The minimum Gasteiger partial charge on any atom is -0.329 e. The highest BCUT2D eigenvalue weighted by Gasteiger charge is 2.24. The zero-order valence-corrected chi connectivity index (χ0v) is 9.76. The fourth-order valence-corrected chi connectivity index (χ4v) is 2.58. The third-order valence-corrected chi connectivity index (χ3v) is 3.66. The number of nitrogens with two attached hydrogens (primary N) is 1. The van der Waals surface area contributed by atoms with Crippen molar-refractivity contribution >= 4 is 0 Å². The van der Waals surface area contributed by atoms with Crippen LogP contribution < -0.4 is 11.1 Å². The van der Waals surface area contributed by atoms with Gasteiger partial charge in [-0.3, -0.25) is 0 Å². The summed E-state index contributed by atoms with van der Waals surface area (Å²) in [6.45, 7) is 5.31. The molecule has 1 aliphatic carbocycles. The maximum atomic E-state index is 5.85. The fraction of sp³-hybridized carbons (Fsp3) is 1.00. The van der Waals surface area contributed by atoms with E-state index in [4.69, 9.17) is 5.73 Å². The fourth-order valence-electron chi connectivity index (χ4n) is 2.58. The molecule has 0 radical (unpaired) electrons. The SMILES string of the molecule is CCC(CC)NC(CN)C1CCCC1. The molecule has 0 bridgehead atoms. The first kappa shape index (κ1) is 12.0. The van der Waals surface area contributed by atoms with E-state index in [0.29, 0.717) is 12.1 Å². The molecule has 0 amide bonds. The van der Waals surface area contributed by atoms with Crippen molar-refractivity contribution in [3.8, 4) is 0 Å². The van der Waals surface area contributed by atoms with Crippen molar-refractivity contribution in [2.45, 2.75) is 64.5 Å². The van der Waals surface area contributed by atoms with Gasteiger partial charge >= 0.3 is 0 Å². The van der Waals surface area contributed by atoms with E-state index in [-0.39, 0.29) is 0 Å². The molecule has 3 N–H and O–H groups in total. The van der Waals surface area contributed by atoms with Crippen molar-refractivity contribution in [2.24, 2.45) is 11.7 Å². The van der Waals surface area contributed by atoms with Gasteiger partial charge in [0.2, 0.25) is 0 Å². The van der Waals surface area contributed by atoms with Crippen LogP contribution in [-0.2, 0) is 0 Å². The zero-order valence-electron chi connectivity index (χ0n) is 9.76. The molecule has 1 fully saturated rings. The van der Waals surface area contributed by atoms with Crippen LogP contribution in [0, 0.1) is 5.92 Å². The molecule has 2 heteroatoms. The number of hydrogen-bond donors (Lipinski definition) is 2. The lowest BCUT2D eigenvalue weighted by molar-refractivity contribution is 0.317. The first-order chi connectivity index (χ1) is 6.81. The second-order valence-electron chi connectivity index (χ2n) is 4.57. The molecule has 1 saturated carbocycles. The van der Waals surface area contributed by atoms with Crippen molar-refractivity contribution in [1.29, 1.82) is 0 Å². The van der Waals surface area contributed by atoms with Crippen LogP contribution in [0.3, 0.4) is 0 Å². The normalized spacial score (nSPS) is 20.6. The van der Waals surface area contributed by atoms with Crippen molar-refractivity contribution in [1.82, 2.24) is 5.32 Å². The molecule has 0 aromatic heterocycles. The standard InChI is InChI=1S/C12H26N2/c1-3-11(4-2)14-12(9-13)10-7-5-6-8-10/h10-12,14H,3-9,13H2,1-2H3. The highest BCUT2D eigenvalue weighted by atomic mass is 15.0. The third kappa shape index (κ3) is 3.25. The number of rotatable bonds is 6. The Balaban J connectivity index is 2.36.